The first kappa shape index (κ1) is 14.1. The van der Waals surface area contributed by atoms with Crippen LogP contribution in [0.25, 0.3) is 0 Å². The van der Waals surface area contributed by atoms with Gasteiger partial charge in [0, 0.05) is 19.6 Å². The van der Waals surface area contributed by atoms with Crippen molar-refractivity contribution in [3.63, 3.8) is 0 Å². The zero-order valence-corrected chi connectivity index (χ0v) is 14.0. The zero-order valence-electron chi connectivity index (χ0n) is 11.6. The lowest BCUT2D eigenvalue weighted by Gasteiger charge is -2.20. The average Bonchev–Trinajstić information content (AvgIpc) is 2.56. The maximum Gasteiger partial charge on any atom is 0.0884 e. The van der Waals surface area contributed by atoms with Gasteiger partial charge in [0.15, 0.2) is 0 Å². The Balaban J connectivity index is 1.80. The van der Waals surface area contributed by atoms with Gasteiger partial charge in [0.25, 0.3) is 0 Å². The molecule has 3 aromatic carbocycles. The zero-order chi connectivity index (χ0) is 14.9. The van der Waals surface area contributed by atoms with Crippen molar-refractivity contribution in [1.82, 2.24) is 0 Å². The van der Waals surface area contributed by atoms with Crippen LogP contribution in [-0.4, -0.2) is 4.21 Å². The summed E-state index contributed by atoms with van der Waals surface area (Å²) >= 11 is 3.38. The molecule has 1 heterocycles. The highest BCUT2D eigenvalue weighted by molar-refractivity contribution is 8.02. The third-order valence-electron chi connectivity index (χ3n) is 3.37. The fourth-order valence-corrected chi connectivity index (χ4v) is 6.46. The summed E-state index contributed by atoms with van der Waals surface area (Å²) in [4.78, 5) is 6.29. The molecule has 22 heavy (non-hydrogen) atoms. The molecule has 0 N–H and O–H groups in total. The summed E-state index contributed by atoms with van der Waals surface area (Å²) in [6.45, 7) is 0. The van der Waals surface area contributed by atoms with Gasteiger partial charge < -0.3 is 0 Å². The fourth-order valence-electron chi connectivity index (χ4n) is 2.37. The second-order valence-electron chi connectivity index (χ2n) is 4.82. The van der Waals surface area contributed by atoms with Gasteiger partial charge in [-0.1, -0.05) is 59.9 Å². The van der Waals surface area contributed by atoms with E-state index in [1.807, 2.05) is 48.5 Å². The van der Waals surface area contributed by atoms with E-state index < -0.39 is 10.8 Å². The molecule has 1 aliphatic rings. The largest absolute Gasteiger partial charge is 0.249 e. The molecule has 0 aromatic heterocycles. The van der Waals surface area contributed by atoms with E-state index in [4.69, 9.17) is 0 Å². The predicted molar refractivity (Wildman–Crippen MR) is 92.2 cm³/mol. The molecule has 0 fully saturated rings. The van der Waals surface area contributed by atoms with E-state index in [-0.39, 0.29) is 0 Å². The molecule has 4 rings (SSSR count). The first-order chi connectivity index (χ1) is 10.8. The van der Waals surface area contributed by atoms with Gasteiger partial charge in [0.2, 0.25) is 0 Å². The quantitative estimate of drug-likeness (QED) is 0.482. The standard InChI is InChI=1S/C18H12OS3/c19-22-17-12-5-4-9-14(17)21-16-11-6-10-15(18(16)22)20-13-7-2-1-3-8-13/h1-12H. The Morgan fingerprint density at radius 3 is 2.36 bits per heavy atom. The van der Waals surface area contributed by atoms with Crippen molar-refractivity contribution >= 4 is 34.3 Å². The number of fused-ring (bicyclic) bond motifs is 2. The molecule has 108 valence electrons. The molecule has 0 amide bonds. The summed E-state index contributed by atoms with van der Waals surface area (Å²) in [7, 11) is -1.12. The monoisotopic (exact) mass is 340 g/mol. The van der Waals surface area contributed by atoms with Crippen LogP contribution < -0.4 is 0 Å². The van der Waals surface area contributed by atoms with Crippen LogP contribution in [0.1, 0.15) is 0 Å². The molecule has 0 bridgehead atoms. The summed E-state index contributed by atoms with van der Waals surface area (Å²) in [6.07, 6.45) is 0. The average molecular weight is 340 g/mol. The topological polar surface area (TPSA) is 17.1 Å². The highest BCUT2D eigenvalue weighted by Crippen LogP contribution is 2.46. The van der Waals surface area contributed by atoms with Crippen LogP contribution in [0.2, 0.25) is 0 Å². The normalized spacial score (nSPS) is 15.9. The smallest absolute Gasteiger partial charge is 0.0884 e. The van der Waals surface area contributed by atoms with E-state index in [9.17, 15) is 4.21 Å². The van der Waals surface area contributed by atoms with Gasteiger partial charge in [0.05, 0.1) is 20.6 Å². The number of benzene rings is 3. The molecule has 0 aliphatic carbocycles. The molecule has 1 unspecified atom stereocenters. The molecule has 4 heteroatoms. The SMILES string of the molecule is O=S1c2ccccc2Sc2cccc(Sc3ccccc3)c21. The lowest BCUT2D eigenvalue weighted by Crippen LogP contribution is -2.03. The van der Waals surface area contributed by atoms with E-state index in [2.05, 4.69) is 24.3 Å². The van der Waals surface area contributed by atoms with Gasteiger partial charge in [0.1, 0.15) is 0 Å². The molecule has 1 atom stereocenters. The Bertz CT molecular complexity index is 859. The molecule has 1 aliphatic heterocycles. The van der Waals surface area contributed by atoms with Crippen LogP contribution in [0.4, 0.5) is 0 Å². The Labute approximate surface area is 140 Å². The molecule has 0 radical (unpaired) electrons. The third kappa shape index (κ3) is 2.51. The van der Waals surface area contributed by atoms with E-state index in [1.54, 1.807) is 23.5 Å². The van der Waals surface area contributed by atoms with Gasteiger partial charge in [-0.15, -0.1) is 0 Å². The molecular formula is C18H12OS3. The van der Waals surface area contributed by atoms with Crippen LogP contribution >= 0.6 is 23.5 Å². The molecule has 0 saturated carbocycles. The van der Waals surface area contributed by atoms with E-state index in [0.29, 0.717) is 0 Å². The maximum absolute atomic E-state index is 13.0. The van der Waals surface area contributed by atoms with Gasteiger partial charge in [-0.2, -0.15) is 0 Å². The van der Waals surface area contributed by atoms with Crippen molar-refractivity contribution in [3.8, 4) is 0 Å². The van der Waals surface area contributed by atoms with Gasteiger partial charge >= 0.3 is 0 Å². The first-order valence-corrected chi connectivity index (χ1v) is 9.66. The number of hydrogen-bond donors (Lipinski definition) is 0. The van der Waals surface area contributed by atoms with Gasteiger partial charge in [-0.3, -0.25) is 0 Å². The van der Waals surface area contributed by atoms with Crippen LogP contribution in [-0.2, 0) is 10.8 Å². The fraction of sp³-hybridized carbons (Fsp3) is 0. The van der Waals surface area contributed by atoms with Crippen LogP contribution in [0.5, 0.6) is 0 Å². The predicted octanol–water partition coefficient (Wildman–Crippen LogP) is 5.47. The van der Waals surface area contributed by atoms with Crippen LogP contribution in [0.3, 0.4) is 0 Å². The molecule has 1 nitrogen and oxygen atoms in total. The van der Waals surface area contributed by atoms with Crippen molar-refractivity contribution in [2.45, 2.75) is 29.4 Å². The second-order valence-corrected chi connectivity index (χ2v) is 8.40. The van der Waals surface area contributed by atoms with Gasteiger partial charge in [-0.25, -0.2) is 4.21 Å². The van der Waals surface area contributed by atoms with E-state index in [0.717, 1.165) is 29.4 Å². The summed E-state index contributed by atoms with van der Waals surface area (Å²) < 4.78 is 13.0. The van der Waals surface area contributed by atoms with Crippen molar-refractivity contribution in [2.24, 2.45) is 0 Å². The minimum atomic E-state index is -1.12. The minimum absolute atomic E-state index is 0.918. The van der Waals surface area contributed by atoms with Crippen molar-refractivity contribution in [2.75, 3.05) is 0 Å². The van der Waals surface area contributed by atoms with Crippen molar-refractivity contribution < 1.29 is 4.21 Å². The van der Waals surface area contributed by atoms with Crippen LogP contribution in [0, 0.1) is 0 Å². The first-order valence-electron chi connectivity index (χ1n) is 6.87. The van der Waals surface area contributed by atoms with Crippen molar-refractivity contribution in [1.29, 1.82) is 0 Å². The second kappa shape index (κ2) is 5.95. The Kier molecular flexibility index (Phi) is 3.82. The third-order valence-corrected chi connectivity index (χ3v) is 7.53. The minimum Gasteiger partial charge on any atom is -0.249 e. The van der Waals surface area contributed by atoms with Gasteiger partial charge in [-0.05, 0) is 36.4 Å². The highest BCUT2D eigenvalue weighted by Gasteiger charge is 2.25. The number of rotatable bonds is 2. The lowest BCUT2D eigenvalue weighted by molar-refractivity contribution is 0.677. The highest BCUT2D eigenvalue weighted by atomic mass is 32.2. The van der Waals surface area contributed by atoms with E-state index >= 15 is 0 Å². The van der Waals surface area contributed by atoms with Crippen LogP contribution in [0.15, 0.2) is 102 Å². The molecule has 3 aromatic rings. The summed E-state index contributed by atoms with van der Waals surface area (Å²) in [6, 6.07) is 24.3. The molecular weight excluding hydrogens is 328 g/mol. The number of hydrogen-bond acceptors (Lipinski definition) is 3. The Morgan fingerprint density at radius 1 is 0.773 bits per heavy atom. The summed E-state index contributed by atoms with van der Waals surface area (Å²) in [5.41, 5.74) is 0. The molecule has 0 saturated heterocycles. The van der Waals surface area contributed by atoms with Crippen molar-refractivity contribution in [3.05, 3.63) is 72.8 Å². The maximum atomic E-state index is 13.0. The van der Waals surface area contributed by atoms with E-state index in [1.165, 1.54) is 0 Å². The lowest BCUT2D eigenvalue weighted by atomic mass is 10.3. The molecule has 0 spiro atoms. The summed E-state index contributed by atoms with van der Waals surface area (Å²) in [5, 5.41) is 0. The Morgan fingerprint density at radius 2 is 1.50 bits per heavy atom. The Hall–Kier alpha value is -1.49. The summed E-state index contributed by atoms with van der Waals surface area (Å²) in [5.74, 6) is 0.